The molecule has 168 valence electrons. The molecule has 2 aliphatic rings. The van der Waals surface area contributed by atoms with Gasteiger partial charge in [0.1, 0.15) is 5.82 Å². The number of nitrogens with zero attached hydrogens (tertiary/aromatic N) is 5. The molecule has 1 aromatic heterocycles. The summed E-state index contributed by atoms with van der Waals surface area (Å²) in [5.74, 6) is 1.33. The molecule has 2 heterocycles. The molecular weight excluding hydrogens is 438 g/mol. The molecule has 0 radical (unpaired) electrons. The standard InChI is InChI=1S/C20H27N5O4S2/c1-13(2)19-21-22-20(24(19)15-6-7-15)30-18-9-8-16(11-17(18)25(26)27)31(28,29)23-10-4-5-14(3)12-23/h8-9,11,13-15H,4-7,10,12H2,1-3H3. The van der Waals surface area contributed by atoms with Gasteiger partial charge in [0.05, 0.1) is 14.7 Å². The Labute approximate surface area is 186 Å². The van der Waals surface area contributed by atoms with Crippen LogP contribution in [0.25, 0.3) is 0 Å². The van der Waals surface area contributed by atoms with Crippen LogP contribution in [0.5, 0.6) is 0 Å². The van der Waals surface area contributed by atoms with Gasteiger partial charge in [0.25, 0.3) is 5.69 Å². The molecule has 2 fully saturated rings. The van der Waals surface area contributed by atoms with Crippen LogP contribution in [0.15, 0.2) is 33.1 Å². The second kappa shape index (κ2) is 8.51. The lowest BCUT2D eigenvalue weighted by Gasteiger charge is -2.30. The summed E-state index contributed by atoms with van der Waals surface area (Å²) in [6, 6.07) is 4.49. The highest BCUT2D eigenvalue weighted by molar-refractivity contribution is 7.99. The zero-order valence-corrected chi connectivity index (χ0v) is 19.5. The predicted octanol–water partition coefficient (Wildman–Crippen LogP) is 4.22. The minimum Gasteiger partial charge on any atom is -0.302 e. The normalized spacial score (nSPS) is 20.3. The third-order valence-electron chi connectivity index (χ3n) is 5.71. The van der Waals surface area contributed by atoms with Crippen LogP contribution in [-0.4, -0.2) is 45.5 Å². The lowest BCUT2D eigenvalue weighted by molar-refractivity contribution is -0.388. The smallest absolute Gasteiger partial charge is 0.284 e. The Morgan fingerprint density at radius 2 is 1.97 bits per heavy atom. The Hall–Kier alpha value is -1.98. The van der Waals surface area contributed by atoms with Gasteiger partial charge in [0.2, 0.25) is 10.0 Å². The number of aromatic nitrogens is 3. The van der Waals surface area contributed by atoms with Crippen LogP contribution in [0, 0.1) is 16.0 Å². The van der Waals surface area contributed by atoms with Crippen LogP contribution in [0.1, 0.15) is 64.2 Å². The maximum Gasteiger partial charge on any atom is 0.284 e. The van der Waals surface area contributed by atoms with Crippen LogP contribution in [0.3, 0.4) is 0 Å². The Kier molecular flexibility index (Phi) is 6.10. The van der Waals surface area contributed by atoms with E-state index in [1.165, 1.54) is 34.3 Å². The number of nitro benzene ring substituents is 1. The third-order valence-corrected chi connectivity index (χ3v) is 8.59. The maximum absolute atomic E-state index is 13.1. The van der Waals surface area contributed by atoms with Crippen LogP contribution < -0.4 is 0 Å². The van der Waals surface area contributed by atoms with Crippen molar-refractivity contribution in [2.24, 2.45) is 5.92 Å². The molecule has 0 bridgehead atoms. The van der Waals surface area contributed by atoms with Gasteiger partial charge >= 0.3 is 0 Å². The Balaban J connectivity index is 1.67. The SMILES string of the molecule is CC1CCCN(S(=O)(=O)c2ccc(Sc3nnc(C(C)C)n3C3CC3)c([N+](=O)[O-])c2)C1. The molecular formula is C20H27N5O4S2. The zero-order chi connectivity index (χ0) is 22.3. The number of hydrogen-bond donors (Lipinski definition) is 0. The van der Waals surface area contributed by atoms with Crippen LogP contribution >= 0.6 is 11.8 Å². The second-order valence-corrected chi connectivity index (χ2v) is 11.6. The first-order chi connectivity index (χ1) is 14.7. The van der Waals surface area contributed by atoms with E-state index in [0.717, 1.165) is 31.5 Å². The zero-order valence-electron chi connectivity index (χ0n) is 17.9. The van der Waals surface area contributed by atoms with Gasteiger partial charge in [-0.05, 0) is 55.5 Å². The molecule has 31 heavy (non-hydrogen) atoms. The van der Waals surface area contributed by atoms with Crippen LogP contribution in [0.2, 0.25) is 0 Å². The van der Waals surface area contributed by atoms with Gasteiger partial charge in [-0.2, -0.15) is 4.31 Å². The summed E-state index contributed by atoms with van der Waals surface area (Å²) in [6.07, 6.45) is 3.87. The van der Waals surface area contributed by atoms with E-state index < -0.39 is 14.9 Å². The molecule has 1 saturated carbocycles. The quantitative estimate of drug-likeness (QED) is 0.445. The van der Waals surface area contributed by atoms with Gasteiger partial charge in [-0.25, -0.2) is 8.42 Å². The lowest BCUT2D eigenvalue weighted by atomic mass is 10.0. The van der Waals surface area contributed by atoms with Crippen molar-refractivity contribution in [3.05, 3.63) is 34.1 Å². The topological polar surface area (TPSA) is 111 Å². The average molecular weight is 466 g/mol. The second-order valence-electron chi connectivity index (χ2n) is 8.70. The molecule has 0 N–H and O–H groups in total. The monoisotopic (exact) mass is 465 g/mol. The fourth-order valence-corrected chi connectivity index (χ4v) is 6.54. The highest BCUT2D eigenvalue weighted by atomic mass is 32.2. The molecule has 4 rings (SSSR count). The minimum atomic E-state index is -3.77. The van der Waals surface area contributed by atoms with Crippen molar-refractivity contribution in [3.8, 4) is 0 Å². The van der Waals surface area contributed by atoms with E-state index >= 15 is 0 Å². The number of sulfonamides is 1. The molecule has 1 unspecified atom stereocenters. The van der Waals surface area contributed by atoms with Gasteiger partial charge in [-0.15, -0.1) is 10.2 Å². The summed E-state index contributed by atoms with van der Waals surface area (Å²) in [5, 5.41) is 21.0. The van der Waals surface area contributed by atoms with E-state index in [1.807, 2.05) is 20.8 Å². The van der Waals surface area contributed by atoms with E-state index in [-0.39, 0.29) is 22.4 Å². The molecule has 1 atom stereocenters. The largest absolute Gasteiger partial charge is 0.302 e. The van der Waals surface area contributed by atoms with Crippen molar-refractivity contribution in [1.82, 2.24) is 19.1 Å². The first-order valence-electron chi connectivity index (χ1n) is 10.6. The van der Waals surface area contributed by atoms with E-state index in [9.17, 15) is 18.5 Å². The summed E-state index contributed by atoms with van der Waals surface area (Å²) in [6.45, 7) is 6.99. The van der Waals surface area contributed by atoms with E-state index in [1.54, 1.807) is 0 Å². The molecule has 1 aliphatic heterocycles. The molecule has 9 nitrogen and oxygen atoms in total. The first kappa shape index (κ1) is 22.2. The van der Waals surface area contributed by atoms with Gasteiger partial charge < -0.3 is 4.57 Å². The van der Waals surface area contributed by atoms with E-state index in [2.05, 4.69) is 14.8 Å². The van der Waals surface area contributed by atoms with Gasteiger partial charge in [0.15, 0.2) is 5.16 Å². The number of nitro groups is 1. The van der Waals surface area contributed by atoms with Gasteiger partial charge in [-0.1, -0.05) is 20.8 Å². The summed E-state index contributed by atoms with van der Waals surface area (Å²) < 4.78 is 29.7. The van der Waals surface area contributed by atoms with E-state index in [4.69, 9.17) is 0 Å². The third kappa shape index (κ3) is 4.49. The molecule has 0 amide bonds. The van der Waals surface area contributed by atoms with Crippen molar-refractivity contribution in [1.29, 1.82) is 0 Å². The first-order valence-corrected chi connectivity index (χ1v) is 12.9. The van der Waals surface area contributed by atoms with Crippen molar-refractivity contribution < 1.29 is 13.3 Å². The van der Waals surface area contributed by atoms with E-state index in [0.29, 0.717) is 29.2 Å². The number of piperidine rings is 1. The molecule has 1 saturated heterocycles. The van der Waals surface area contributed by atoms with Gasteiger partial charge in [0, 0.05) is 31.1 Å². The summed E-state index contributed by atoms with van der Waals surface area (Å²) in [5.41, 5.74) is -0.229. The maximum atomic E-state index is 13.1. The summed E-state index contributed by atoms with van der Waals surface area (Å²) in [4.78, 5) is 11.6. The van der Waals surface area contributed by atoms with Crippen molar-refractivity contribution >= 4 is 27.5 Å². The summed E-state index contributed by atoms with van der Waals surface area (Å²) >= 11 is 1.17. The number of benzene rings is 1. The molecule has 0 spiro atoms. The lowest BCUT2D eigenvalue weighted by Crippen LogP contribution is -2.39. The van der Waals surface area contributed by atoms with Crippen LogP contribution in [-0.2, 0) is 10.0 Å². The number of rotatable bonds is 7. The highest BCUT2D eigenvalue weighted by Gasteiger charge is 2.33. The van der Waals surface area contributed by atoms with Gasteiger partial charge in [-0.3, -0.25) is 10.1 Å². The predicted molar refractivity (Wildman–Crippen MR) is 117 cm³/mol. The Bertz CT molecular complexity index is 1090. The van der Waals surface area contributed by atoms with Crippen molar-refractivity contribution in [2.45, 2.75) is 73.4 Å². The molecule has 1 aliphatic carbocycles. The Morgan fingerprint density at radius 1 is 1.23 bits per heavy atom. The number of hydrogen-bond acceptors (Lipinski definition) is 7. The Morgan fingerprint density at radius 3 is 2.58 bits per heavy atom. The van der Waals surface area contributed by atoms with Crippen molar-refractivity contribution in [2.75, 3.05) is 13.1 Å². The summed E-state index contributed by atoms with van der Waals surface area (Å²) in [7, 11) is -3.77. The van der Waals surface area contributed by atoms with Crippen molar-refractivity contribution in [3.63, 3.8) is 0 Å². The molecule has 11 heteroatoms. The fourth-order valence-electron chi connectivity index (χ4n) is 3.93. The van der Waals surface area contributed by atoms with Crippen LogP contribution in [0.4, 0.5) is 5.69 Å². The fraction of sp³-hybridized carbons (Fsp3) is 0.600. The minimum absolute atomic E-state index is 0.0378. The molecule has 2 aromatic rings. The highest BCUT2D eigenvalue weighted by Crippen LogP contribution is 2.43. The molecule has 1 aromatic carbocycles. The average Bonchev–Trinajstić information content (AvgIpc) is 3.47.